The first-order valence-electron chi connectivity index (χ1n) is 20.3. The summed E-state index contributed by atoms with van der Waals surface area (Å²) >= 11 is 0. The molecule has 1 unspecified atom stereocenters. The van der Waals surface area contributed by atoms with E-state index in [1.54, 1.807) is 0 Å². The van der Waals surface area contributed by atoms with Crippen molar-refractivity contribution in [2.45, 2.75) is 103 Å². The molecule has 3 aliphatic rings. The van der Waals surface area contributed by atoms with Gasteiger partial charge in [0.25, 0.3) is 5.91 Å². The average Bonchev–Trinajstić information content (AvgIpc) is 3.80. The number of ether oxygens (including phenoxy) is 4. The van der Waals surface area contributed by atoms with Crippen molar-refractivity contribution in [1.82, 2.24) is 15.1 Å². The summed E-state index contributed by atoms with van der Waals surface area (Å²) in [6.07, 6.45) is -0.611. The van der Waals surface area contributed by atoms with Crippen LogP contribution in [0.2, 0.25) is 0 Å². The van der Waals surface area contributed by atoms with Gasteiger partial charge in [-0.15, -0.1) is 0 Å². The molecule has 0 radical (unpaired) electrons. The second kappa shape index (κ2) is 18.3. The van der Waals surface area contributed by atoms with E-state index in [9.17, 15) is 24.3 Å². The van der Waals surface area contributed by atoms with E-state index in [0.29, 0.717) is 6.54 Å². The van der Waals surface area contributed by atoms with E-state index in [1.807, 2.05) is 124 Å². The van der Waals surface area contributed by atoms with Gasteiger partial charge in [-0.05, 0) is 73.5 Å². The lowest BCUT2D eigenvalue weighted by Crippen LogP contribution is -2.48. The van der Waals surface area contributed by atoms with Crippen LogP contribution in [0.15, 0.2) is 103 Å². The summed E-state index contributed by atoms with van der Waals surface area (Å²) in [5.41, 5.74) is 5.30. The van der Waals surface area contributed by atoms with Gasteiger partial charge in [-0.1, -0.05) is 110 Å². The Kier molecular flexibility index (Phi) is 12.9. The van der Waals surface area contributed by atoms with E-state index in [0.717, 1.165) is 58.3 Å². The Bertz CT molecular complexity index is 2100. The Morgan fingerprint density at radius 2 is 1.56 bits per heavy atom. The molecule has 3 fully saturated rings. The third-order valence-corrected chi connectivity index (χ3v) is 11.2. The highest BCUT2D eigenvalue weighted by Gasteiger charge is 2.43. The Labute approximate surface area is 345 Å². The molecule has 6 atom stereocenters. The van der Waals surface area contributed by atoms with Crippen LogP contribution in [0.1, 0.15) is 87.2 Å². The van der Waals surface area contributed by atoms with Crippen LogP contribution in [0.3, 0.4) is 0 Å². The smallest absolute Gasteiger partial charge is 0.408 e. The summed E-state index contributed by atoms with van der Waals surface area (Å²) in [5.74, 6) is -1.15. The molecular weight excluding hydrogens is 751 g/mol. The van der Waals surface area contributed by atoms with E-state index < -0.39 is 29.9 Å². The van der Waals surface area contributed by atoms with Gasteiger partial charge in [-0.2, -0.15) is 0 Å². The molecule has 3 saturated heterocycles. The number of rotatable bonds is 12. The molecule has 12 nitrogen and oxygen atoms in total. The number of nitrogens with one attached hydrogen (secondary N) is 1. The maximum Gasteiger partial charge on any atom is 0.408 e. The van der Waals surface area contributed by atoms with Gasteiger partial charge in [0, 0.05) is 18.0 Å². The maximum atomic E-state index is 13.4. The number of hydrogen-bond donors (Lipinski definition) is 2. The number of hydrogen-bond acceptors (Lipinski definition) is 10. The Hall–Kier alpha value is -5.40. The number of esters is 1. The quantitative estimate of drug-likeness (QED) is 0.114. The van der Waals surface area contributed by atoms with Gasteiger partial charge >= 0.3 is 12.1 Å². The van der Waals surface area contributed by atoms with E-state index in [2.05, 4.69) is 17.1 Å². The van der Waals surface area contributed by atoms with Crippen molar-refractivity contribution >= 4 is 23.9 Å². The van der Waals surface area contributed by atoms with E-state index in [1.165, 1.54) is 4.90 Å². The summed E-state index contributed by atoms with van der Waals surface area (Å²) in [7, 11) is 0. The first kappa shape index (κ1) is 41.7. The first-order valence-corrected chi connectivity index (χ1v) is 20.3. The Morgan fingerprint density at radius 3 is 2.27 bits per heavy atom. The van der Waals surface area contributed by atoms with Crippen molar-refractivity contribution in [1.29, 1.82) is 0 Å². The van der Waals surface area contributed by atoms with Gasteiger partial charge in [0.05, 0.1) is 31.8 Å². The second-order valence-electron chi connectivity index (χ2n) is 16.6. The molecule has 12 heteroatoms. The summed E-state index contributed by atoms with van der Waals surface area (Å²) in [6.45, 7) is 9.08. The van der Waals surface area contributed by atoms with Crippen LogP contribution in [0.25, 0.3) is 11.1 Å². The zero-order valence-corrected chi connectivity index (χ0v) is 34.0. The number of aliphatic hydroxyl groups excluding tert-OH is 1. The fraction of sp³-hybridized carbons (Fsp3) is 0.404. The first-order chi connectivity index (χ1) is 28.4. The summed E-state index contributed by atoms with van der Waals surface area (Å²) in [5, 5.41) is 12.2. The number of likely N-dealkylation sites (tertiary alicyclic amines) is 2. The van der Waals surface area contributed by atoms with Gasteiger partial charge in [0.15, 0.2) is 6.29 Å². The molecule has 0 spiro atoms. The monoisotopic (exact) mass is 803 g/mol. The largest absolute Gasteiger partial charge is 0.459 e. The minimum absolute atomic E-state index is 0.0405. The van der Waals surface area contributed by atoms with Crippen molar-refractivity contribution in [3.05, 3.63) is 131 Å². The number of carbonyl (C=O) groups is 4. The van der Waals surface area contributed by atoms with Crippen LogP contribution in [-0.2, 0) is 53.1 Å². The van der Waals surface area contributed by atoms with Crippen molar-refractivity contribution < 1.29 is 43.2 Å². The molecule has 4 aromatic carbocycles. The van der Waals surface area contributed by atoms with E-state index in [4.69, 9.17) is 18.9 Å². The molecule has 0 saturated carbocycles. The normalized spacial score (nSPS) is 23.6. The molecule has 0 aromatic heterocycles. The fourth-order valence-corrected chi connectivity index (χ4v) is 8.04. The van der Waals surface area contributed by atoms with Crippen LogP contribution in [0, 0.1) is 5.92 Å². The highest BCUT2D eigenvalue weighted by Crippen LogP contribution is 2.43. The predicted molar refractivity (Wildman–Crippen MR) is 219 cm³/mol. The van der Waals surface area contributed by atoms with Gasteiger partial charge in [-0.3, -0.25) is 24.2 Å². The number of amides is 3. The predicted octanol–water partition coefficient (Wildman–Crippen LogP) is 7.00. The lowest BCUT2D eigenvalue weighted by Gasteiger charge is -2.43. The van der Waals surface area contributed by atoms with Crippen molar-refractivity contribution in [2.24, 2.45) is 5.92 Å². The zero-order chi connectivity index (χ0) is 41.7. The molecule has 3 heterocycles. The topological polar surface area (TPSA) is 144 Å². The average molecular weight is 804 g/mol. The number of benzene rings is 4. The zero-order valence-electron chi connectivity index (χ0n) is 34.0. The van der Waals surface area contributed by atoms with Crippen molar-refractivity contribution in [3.8, 4) is 11.1 Å². The lowest BCUT2D eigenvalue weighted by atomic mass is 9.89. The molecule has 3 amide bonds. The number of imide groups is 1. The molecule has 3 aliphatic heterocycles. The summed E-state index contributed by atoms with van der Waals surface area (Å²) in [6, 6.07) is 31.1. The molecule has 7 rings (SSSR count). The third kappa shape index (κ3) is 10.1. The van der Waals surface area contributed by atoms with Crippen LogP contribution in [0.5, 0.6) is 0 Å². The lowest BCUT2D eigenvalue weighted by molar-refractivity contribution is -0.276. The number of carbonyl (C=O) groups excluding carboxylic acids is 4. The molecule has 0 aliphatic carbocycles. The van der Waals surface area contributed by atoms with E-state index >= 15 is 0 Å². The van der Waals surface area contributed by atoms with Crippen molar-refractivity contribution in [3.63, 3.8) is 0 Å². The number of aliphatic hydroxyl groups is 1. The van der Waals surface area contributed by atoms with Crippen LogP contribution < -0.4 is 5.32 Å². The minimum atomic E-state index is -1.01. The molecular formula is C47H53N3O9. The molecule has 2 N–H and O–H groups in total. The fourth-order valence-electron chi connectivity index (χ4n) is 8.04. The van der Waals surface area contributed by atoms with Crippen LogP contribution in [-0.4, -0.2) is 75.7 Å². The second-order valence-corrected chi connectivity index (χ2v) is 16.6. The highest BCUT2D eigenvalue weighted by atomic mass is 16.7. The molecule has 0 bridgehead atoms. The molecule has 310 valence electrons. The highest BCUT2D eigenvalue weighted by molar-refractivity contribution is 6.06. The maximum absolute atomic E-state index is 13.4. The molecule has 59 heavy (non-hydrogen) atoms. The van der Waals surface area contributed by atoms with Gasteiger partial charge < -0.3 is 29.4 Å². The van der Waals surface area contributed by atoms with E-state index in [-0.39, 0.29) is 62.2 Å². The number of nitrogens with zero attached hydrogens (tertiary/aromatic N) is 2. The Balaban J connectivity index is 1.06. The van der Waals surface area contributed by atoms with Crippen LogP contribution >= 0.6 is 0 Å². The van der Waals surface area contributed by atoms with Crippen LogP contribution in [0.4, 0.5) is 4.79 Å². The number of alkyl carbamates (subject to hydrolysis) is 1. The summed E-state index contributed by atoms with van der Waals surface area (Å²) in [4.78, 5) is 55.6. The SMILES string of the molecule is C[C@@H]1[C@H](CN2CCC[C@H]2C(=O)OC(C)(C)C)O[C@H](c2ccc(-c3ccccc3CN3C(=O)CC(NC(=O)OCc4ccccc4)C3=O)cc2)O[C@@H]1c1ccc(CO)cc1. The molecule has 4 aromatic rings. The minimum Gasteiger partial charge on any atom is -0.459 e. The van der Waals surface area contributed by atoms with Gasteiger partial charge in [0.1, 0.15) is 24.3 Å². The van der Waals surface area contributed by atoms with Gasteiger partial charge in [0.2, 0.25) is 5.91 Å². The van der Waals surface area contributed by atoms with Crippen molar-refractivity contribution in [2.75, 3.05) is 13.1 Å². The standard InChI is InChI=1S/C47H53N3O9/c1-30-40(27-49-24-10-15-39(49)44(54)59-47(2,3)4)57-45(58-42(30)34-18-16-31(28-51)17-19-34)35-22-20-33(21-23-35)37-14-9-8-13-36(37)26-50-41(52)25-38(43(50)53)48-46(55)56-29-32-11-6-5-7-12-32/h5-9,11-14,16-23,30,38-40,42,45,51H,10,15,24-29H2,1-4H3,(H,48,55)/t30-,38?,39+,40+,42+,45+/m1/s1. The third-order valence-electron chi connectivity index (χ3n) is 11.2. The Morgan fingerprint density at radius 1 is 0.864 bits per heavy atom. The summed E-state index contributed by atoms with van der Waals surface area (Å²) < 4.78 is 24.5. The van der Waals surface area contributed by atoms with Gasteiger partial charge in [-0.25, -0.2) is 4.79 Å².